The van der Waals surface area contributed by atoms with Crippen molar-refractivity contribution in [2.45, 2.75) is 44.4 Å². The molecule has 0 aliphatic heterocycles. The van der Waals surface area contributed by atoms with E-state index in [9.17, 15) is 8.42 Å². The summed E-state index contributed by atoms with van der Waals surface area (Å²) in [5.41, 5.74) is 0.721. The van der Waals surface area contributed by atoms with E-state index in [0.29, 0.717) is 23.9 Å². The van der Waals surface area contributed by atoms with Crippen molar-refractivity contribution in [3.05, 3.63) is 18.0 Å². The summed E-state index contributed by atoms with van der Waals surface area (Å²) in [4.78, 5) is 3.19. The smallest absolute Gasteiger partial charge is 0.244 e. The molecule has 110 valence electrons. The molecule has 0 spiro atoms. The Bertz CT molecular complexity index is 481. The summed E-state index contributed by atoms with van der Waals surface area (Å²) in [6.45, 7) is 7.12. The number of nitrogens with zero attached hydrogens (tertiary/aromatic N) is 1. The van der Waals surface area contributed by atoms with Crippen LogP contribution in [0.15, 0.2) is 17.2 Å². The van der Waals surface area contributed by atoms with Crippen LogP contribution in [0.2, 0.25) is 0 Å². The highest BCUT2D eigenvalue weighted by Crippen LogP contribution is 2.20. The Kier molecular flexibility index (Phi) is 6.36. The van der Waals surface area contributed by atoms with Gasteiger partial charge in [-0.1, -0.05) is 33.6 Å². The van der Waals surface area contributed by atoms with Gasteiger partial charge in [-0.3, -0.25) is 0 Å². The summed E-state index contributed by atoms with van der Waals surface area (Å²) in [5, 5.41) is 0. The third kappa shape index (κ3) is 3.97. The van der Waals surface area contributed by atoms with E-state index >= 15 is 0 Å². The molecule has 19 heavy (non-hydrogen) atoms. The first-order chi connectivity index (χ1) is 8.99. The topological polar surface area (TPSA) is 53.2 Å². The number of aromatic nitrogens is 1. The molecule has 1 N–H and O–H groups in total. The second-order valence-corrected chi connectivity index (χ2v) is 6.84. The molecule has 0 aliphatic carbocycles. The van der Waals surface area contributed by atoms with Crippen molar-refractivity contribution in [1.82, 2.24) is 9.29 Å². The van der Waals surface area contributed by atoms with E-state index in [1.165, 1.54) is 6.20 Å². The molecule has 1 aromatic rings. The Morgan fingerprint density at radius 3 is 2.37 bits per heavy atom. The third-order valence-electron chi connectivity index (χ3n) is 3.47. The van der Waals surface area contributed by atoms with Gasteiger partial charge in [-0.15, -0.1) is 11.6 Å². The van der Waals surface area contributed by atoms with Gasteiger partial charge in [0.2, 0.25) is 10.0 Å². The van der Waals surface area contributed by atoms with Crippen LogP contribution in [0, 0.1) is 5.92 Å². The van der Waals surface area contributed by atoms with Crippen LogP contribution in [-0.2, 0) is 15.9 Å². The number of sulfonamides is 1. The minimum Gasteiger partial charge on any atom is -0.363 e. The first kappa shape index (κ1) is 16.5. The molecule has 0 radical (unpaired) electrons. The van der Waals surface area contributed by atoms with Gasteiger partial charge in [-0.05, 0) is 12.0 Å². The van der Waals surface area contributed by atoms with Crippen molar-refractivity contribution in [3.63, 3.8) is 0 Å². The monoisotopic (exact) mass is 306 g/mol. The molecular formula is C13H23ClN2O2S. The summed E-state index contributed by atoms with van der Waals surface area (Å²) in [7, 11) is -3.41. The summed E-state index contributed by atoms with van der Waals surface area (Å²) in [6.07, 6.45) is 3.49. The summed E-state index contributed by atoms with van der Waals surface area (Å²) in [6, 6.07) is 1.61. The van der Waals surface area contributed by atoms with Gasteiger partial charge < -0.3 is 4.98 Å². The van der Waals surface area contributed by atoms with Gasteiger partial charge in [0.15, 0.2) is 0 Å². The van der Waals surface area contributed by atoms with Crippen molar-refractivity contribution < 1.29 is 8.42 Å². The Labute approximate surface area is 121 Å². The van der Waals surface area contributed by atoms with Gasteiger partial charge in [0.25, 0.3) is 0 Å². The van der Waals surface area contributed by atoms with Crippen molar-refractivity contribution in [2.75, 3.05) is 13.1 Å². The summed E-state index contributed by atoms with van der Waals surface area (Å²) < 4.78 is 26.6. The average molecular weight is 307 g/mol. The lowest BCUT2D eigenvalue weighted by Crippen LogP contribution is -2.34. The van der Waals surface area contributed by atoms with Crippen molar-refractivity contribution in [2.24, 2.45) is 5.92 Å². The van der Waals surface area contributed by atoms with Gasteiger partial charge in [0, 0.05) is 25.0 Å². The van der Waals surface area contributed by atoms with Crippen LogP contribution in [0.25, 0.3) is 0 Å². The predicted octanol–water partition coefficient (Wildman–Crippen LogP) is 3.20. The Morgan fingerprint density at radius 1 is 1.32 bits per heavy atom. The SMILES string of the molecule is CCC(CC)CN(CC)S(=O)(=O)c1c[nH]c(CCl)c1. The Hall–Kier alpha value is -0.520. The maximum absolute atomic E-state index is 12.5. The largest absolute Gasteiger partial charge is 0.363 e. The molecule has 1 rings (SSSR count). The number of alkyl halides is 1. The number of H-pyrrole nitrogens is 1. The number of hydrogen-bond acceptors (Lipinski definition) is 2. The first-order valence-electron chi connectivity index (χ1n) is 6.72. The number of aromatic amines is 1. The Balaban J connectivity index is 2.95. The molecule has 1 heterocycles. The van der Waals surface area contributed by atoms with Crippen molar-refractivity contribution in [3.8, 4) is 0 Å². The fourth-order valence-corrected chi connectivity index (χ4v) is 3.72. The van der Waals surface area contributed by atoms with E-state index in [1.54, 1.807) is 10.4 Å². The zero-order valence-electron chi connectivity index (χ0n) is 11.8. The molecule has 0 amide bonds. The molecule has 0 unspecified atom stereocenters. The molecule has 0 fully saturated rings. The number of nitrogens with one attached hydrogen (secondary N) is 1. The zero-order chi connectivity index (χ0) is 14.5. The summed E-state index contributed by atoms with van der Waals surface area (Å²) >= 11 is 5.69. The molecule has 0 atom stereocenters. The third-order valence-corrected chi connectivity index (χ3v) is 5.67. The fraction of sp³-hybridized carbons (Fsp3) is 0.692. The van der Waals surface area contributed by atoms with E-state index in [0.717, 1.165) is 18.5 Å². The second kappa shape index (κ2) is 7.31. The minimum atomic E-state index is -3.41. The highest BCUT2D eigenvalue weighted by Gasteiger charge is 2.25. The van der Waals surface area contributed by atoms with Crippen LogP contribution in [0.1, 0.15) is 39.3 Å². The molecule has 0 saturated heterocycles. The van der Waals surface area contributed by atoms with Crippen LogP contribution in [0.3, 0.4) is 0 Å². The van der Waals surface area contributed by atoms with E-state index in [-0.39, 0.29) is 5.88 Å². The first-order valence-corrected chi connectivity index (χ1v) is 8.70. The van der Waals surface area contributed by atoms with Crippen molar-refractivity contribution >= 4 is 21.6 Å². The second-order valence-electron chi connectivity index (χ2n) is 4.63. The van der Waals surface area contributed by atoms with Gasteiger partial charge in [-0.25, -0.2) is 8.42 Å². The molecule has 0 saturated carbocycles. The van der Waals surface area contributed by atoms with Crippen LogP contribution in [0.4, 0.5) is 0 Å². The van der Waals surface area contributed by atoms with Gasteiger partial charge in [0.1, 0.15) is 0 Å². The predicted molar refractivity (Wildman–Crippen MR) is 78.9 cm³/mol. The van der Waals surface area contributed by atoms with Crippen LogP contribution < -0.4 is 0 Å². The molecule has 0 aliphatic rings. The highest BCUT2D eigenvalue weighted by molar-refractivity contribution is 7.89. The molecule has 0 aromatic carbocycles. The van der Waals surface area contributed by atoms with Crippen molar-refractivity contribution in [1.29, 1.82) is 0 Å². The maximum Gasteiger partial charge on any atom is 0.244 e. The molecule has 6 heteroatoms. The highest BCUT2D eigenvalue weighted by atomic mass is 35.5. The average Bonchev–Trinajstić information content (AvgIpc) is 2.89. The number of hydrogen-bond donors (Lipinski definition) is 1. The number of rotatable bonds is 8. The number of halogens is 1. The van der Waals surface area contributed by atoms with E-state index in [2.05, 4.69) is 18.8 Å². The molecule has 0 bridgehead atoms. The maximum atomic E-state index is 12.5. The van der Waals surface area contributed by atoms with Crippen LogP contribution in [0.5, 0.6) is 0 Å². The zero-order valence-corrected chi connectivity index (χ0v) is 13.4. The molecule has 1 aromatic heterocycles. The molecular weight excluding hydrogens is 284 g/mol. The summed E-state index contributed by atoms with van der Waals surface area (Å²) in [5.74, 6) is 0.690. The lowest BCUT2D eigenvalue weighted by molar-refractivity contribution is 0.339. The lowest BCUT2D eigenvalue weighted by atomic mass is 10.0. The van der Waals surface area contributed by atoms with Crippen LogP contribution >= 0.6 is 11.6 Å². The Morgan fingerprint density at radius 2 is 1.95 bits per heavy atom. The normalized spacial score (nSPS) is 12.5. The van der Waals surface area contributed by atoms with E-state index in [1.807, 2.05) is 6.92 Å². The quantitative estimate of drug-likeness (QED) is 0.750. The molecule has 4 nitrogen and oxygen atoms in total. The minimum absolute atomic E-state index is 0.286. The fourth-order valence-electron chi connectivity index (χ4n) is 2.03. The van der Waals surface area contributed by atoms with Gasteiger partial charge >= 0.3 is 0 Å². The lowest BCUT2D eigenvalue weighted by Gasteiger charge is -2.24. The van der Waals surface area contributed by atoms with E-state index in [4.69, 9.17) is 11.6 Å². The van der Waals surface area contributed by atoms with Gasteiger partial charge in [-0.2, -0.15) is 4.31 Å². The van der Waals surface area contributed by atoms with E-state index < -0.39 is 10.0 Å². The standard InChI is InChI=1S/C13H23ClN2O2S/c1-4-11(5-2)10-16(6-3)19(17,18)13-7-12(8-14)15-9-13/h7,9,11,15H,4-6,8,10H2,1-3H3. The van der Waals surface area contributed by atoms with Gasteiger partial charge in [0.05, 0.1) is 10.8 Å². The van der Waals surface area contributed by atoms with Crippen LogP contribution in [-0.4, -0.2) is 30.8 Å².